The van der Waals surface area contributed by atoms with Crippen molar-refractivity contribution in [2.75, 3.05) is 7.11 Å². The van der Waals surface area contributed by atoms with E-state index in [-0.39, 0.29) is 42.0 Å². The van der Waals surface area contributed by atoms with E-state index in [2.05, 4.69) is 15.3 Å². The van der Waals surface area contributed by atoms with Crippen molar-refractivity contribution in [3.63, 3.8) is 0 Å². The lowest BCUT2D eigenvalue weighted by molar-refractivity contribution is 0.0955. The predicted octanol–water partition coefficient (Wildman–Crippen LogP) is 3.70. The molecule has 0 amide bonds. The van der Waals surface area contributed by atoms with Crippen molar-refractivity contribution in [1.82, 2.24) is 19.8 Å². The molecule has 0 saturated heterocycles. The Balaban J connectivity index is 1.69. The highest BCUT2D eigenvalue weighted by Crippen LogP contribution is 2.37. The highest BCUT2D eigenvalue weighted by atomic mass is 19.1. The Labute approximate surface area is 177 Å². The van der Waals surface area contributed by atoms with E-state index in [1.165, 1.54) is 12.1 Å². The number of ether oxygens (including phenoxy) is 1. The molecule has 1 aliphatic carbocycles. The van der Waals surface area contributed by atoms with Crippen molar-refractivity contribution in [2.45, 2.75) is 25.4 Å². The van der Waals surface area contributed by atoms with Gasteiger partial charge in [-0.15, -0.1) is 10.2 Å². The number of carbonyl (C=O) groups excluding carboxylic acids is 1. The Morgan fingerprint density at radius 1 is 1.13 bits per heavy atom. The fourth-order valence-electron chi connectivity index (χ4n) is 4.22. The van der Waals surface area contributed by atoms with Crippen molar-refractivity contribution in [3.8, 4) is 16.9 Å². The van der Waals surface area contributed by atoms with Gasteiger partial charge in [-0.1, -0.05) is 30.3 Å². The van der Waals surface area contributed by atoms with Crippen molar-refractivity contribution >= 4 is 11.4 Å². The van der Waals surface area contributed by atoms with Gasteiger partial charge in [0.05, 0.1) is 23.6 Å². The van der Waals surface area contributed by atoms with Crippen LogP contribution in [0.1, 0.15) is 39.8 Å². The van der Waals surface area contributed by atoms with E-state index in [1.807, 2.05) is 12.1 Å². The minimum Gasteiger partial charge on any atom is -0.508 e. The Morgan fingerprint density at radius 3 is 2.65 bits per heavy atom. The predicted molar refractivity (Wildman–Crippen MR) is 110 cm³/mol. The summed E-state index contributed by atoms with van der Waals surface area (Å²) in [6.07, 6.45) is 0.712. The highest BCUT2D eigenvalue weighted by Gasteiger charge is 2.32. The number of methoxy groups -OCH3 is 1. The summed E-state index contributed by atoms with van der Waals surface area (Å²) < 4.78 is 20.4. The molecule has 0 aliphatic heterocycles. The maximum Gasteiger partial charge on any atom is 0.185 e. The van der Waals surface area contributed by atoms with E-state index in [9.17, 15) is 14.3 Å². The first-order chi connectivity index (χ1) is 15.1. The molecule has 1 aliphatic rings. The third-order valence-electron chi connectivity index (χ3n) is 5.63. The topological polar surface area (TPSA) is 89.6 Å². The number of ketones is 1. The fourth-order valence-corrected chi connectivity index (χ4v) is 4.22. The number of rotatable bonds is 4. The van der Waals surface area contributed by atoms with Gasteiger partial charge in [-0.25, -0.2) is 8.91 Å². The van der Waals surface area contributed by atoms with Gasteiger partial charge in [-0.05, 0) is 35.7 Å². The first kappa shape index (κ1) is 19.3. The second-order valence-electron chi connectivity index (χ2n) is 7.58. The van der Waals surface area contributed by atoms with Gasteiger partial charge in [-0.3, -0.25) is 4.79 Å². The fraction of sp³-hybridized carbons (Fsp3) is 0.217. The summed E-state index contributed by atoms with van der Waals surface area (Å²) in [6, 6.07) is 13.1. The molecule has 0 bridgehead atoms. The van der Waals surface area contributed by atoms with E-state index in [4.69, 9.17) is 4.74 Å². The van der Waals surface area contributed by atoms with Crippen LogP contribution in [0.4, 0.5) is 4.39 Å². The van der Waals surface area contributed by atoms with Crippen LogP contribution in [0.3, 0.4) is 0 Å². The zero-order valence-corrected chi connectivity index (χ0v) is 16.7. The van der Waals surface area contributed by atoms with E-state index in [0.717, 1.165) is 11.1 Å². The maximum atomic E-state index is 13.5. The van der Waals surface area contributed by atoms with Crippen molar-refractivity contribution < 1.29 is 19.0 Å². The highest BCUT2D eigenvalue weighted by molar-refractivity contribution is 5.97. The van der Waals surface area contributed by atoms with Crippen molar-refractivity contribution in [2.24, 2.45) is 0 Å². The lowest BCUT2D eigenvalue weighted by Gasteiger charge is -2.23. The second-order valence-corrected chi connectivity index (χ2v) is 7.58. The Bertz CT molecular complexity index is 1300. The number of hydrogen-bond acceptors (Lipinski definition) is 6. The number of para-hydroxylation sites is 1. The monoisotopic (exact) mass is 418 g/mol. The van der Waals surface area contributed by atoms with Crippen LogP contribution >= 0.6 is 0 Å². The molecule has 0 unspecified atom stereocenters. The number of phenols is 1. The number of aromatic nitrogens is 4. The number of nitrogens with zero attached hydrogens (tertiary/aromatic N) is 4. The summed E-state index contributed by atoms with van der Waals surface area (Å²) in [7, 11) is 1.57. The number of benzene rings is 2. The minimum atomic E-state index is -0.340. The van der Waals surface area contributed by atoms with Gasteiger partial charge in [0, 0.05) is 19.4 Å². The molecule has 5 rings (SSSR count). The van der Waals surface area contributed by atoms with Crippen LogP contribution in [-0.2, 0) is 17.8 Å². The van der Waals surface area contributed by atoms with Crippen LogP contribution in [-0.4, -0.2) is 37.8 Å². The summed E-state index contributed by atoms with van der Waals surface area (Å²) >= 11 is 0. The first-order valence-corrected chi connectivity index (χ1v) is 9.90. The minimum absolute atomic E-state index is 0.143. The van der Waals surface area contributed by atoms with E-state index in [0.29, 0.717) is 29.0 Å². The molecular weight excluding hydrogens is 399 g/mol. The Kier molecular flexibility index (Phi) is 4.71. The van der Waals surface area contributed by atoms with Crippen LogP contribution in [0.5, 0.6) is 5.75 Å². The molecule has 2 aromatic carbocycles. The van der Waals surface area contributed by atoms with E-state index >= 15 is 0 Å². The molecule has 0 radical (unpaired) electrons. The van der Waals surface area contributed by atoms with Crippen LogP contribution in [0.2, 0.25) is 0 Å². The van der Waals surface area contributed by atoms with Gasteiger partial charge < -0.3 is 9.84 Å². The van der Waals surface area contributed by atoms with Crippen LogP contribution in [0.15, 0.2) is 48.5 Å². The Hall–Kier alpha value is -3.65. The van der Waals surface area contributed by atoms with Crippen LogP contribution in [0, 0.1) is 5.82 Å². The molecule has 1 atom stereocenters. The van der Waals surface area contributed by atoms with Gasteiger partial charge >= 0.3 is 0 Å². The van der Waals surface area contributed by atoms with E-state index in [1.54, 1.807) is 35.9 Å². The molecule has 4 aromatic rings. The quantitative estimate of drug-likeness (QED) is 0.544. The second kappa shape index (κ2) is 7.55. The molecule has 0 spiro atoms. The molecule has 156 valence electrons. The molecular formula is C23H19FN4O3. The molecule has 1 N–H and O–H groups in total. The smallest absolute Gasteiger partial charge is 0.185 e. The number of phenolic OH excluding ortho intramolecular Hbond substituents is 1. The third kappa shape index (κ3) is 3.25. The lowest BCUT2D eigenvalue weighted by Crippen LogP contribution is -2.24. The van der Waals surface area contributed by atoms with Crippen molar-refractivity contribution in [1.29, 1.82) is 0 Å². The molecule has 8 heteroatoms. The van der Waals surface area contributed by atoms with Gasteiger partial charge in [0.1, 0.15) is 11.6 Å². The molecule has 0 fully saturated rings. The normalized spacial score (nSPS) is 15.9. The van der Waals surface area contributed by atoms with Crippen molar-refractivity contribution in [3.05, 3.63) is 77.0 Å². The SMILES string of the molecule is COCc1nn2c3c(nnc2c1-c1ccc(F)cc1)C(=O)C[C@H](c1ccccc1O)C3. The van der Waals surface area contributed by atoms with Gasteiger partial charge in [-0.2, -0.15) is 5.10 Å². The summed E-state index contributed by atoms with van der Waals surface area (Å²) in [5.41, 5.74) is 4.16. The molecule has 2 aromatic heterocycles. The summed E-state index contributed by atoms with van der Waals surface area (Å²) in [4.78, 5) is 12.9. The van der Waals surface area contributed by atoms with Gasteiger partial charge in [0.25, 0.3) is 0 Å². The van der Waals surface area contributed by atoms with Crippen LogP contribution in [0.25, 0.3) is 16.8 Å². The number of aromatic hydroxyl groups is 1. The third-order valence-corrected chi connectivity index (χ3v) is 5.63. The molecule has 0 saturated carbocycles. The average molecular weight is 418 g/mol. The molecule has 2 heterocycles. The Morgan fingerprint density at radius 2 is 1.90 bits per heavy atom. The zero-order valence-electron chi connectivity index (χ0n) is 16.7. The summed E-state index contributed by atoms with van der Waals surface area (Å²) in [5, 5.41) is 23.5. The number of halogens is 1. The zero-order chi connectivity index (χ0) is 21.5. The van der Waals surface area contributed by atoms with Gasteiger partial charge in [0.2, 0.25) is 0 Å². The number of carbonyl (C=O) groups is 1. The number of hydrogen-bond donors (Lipinski definition) is 1. The maximum absolute atomic E-state index is 13.5. The average Bonchev–Trinajstić information content (AvgIpc) is 3.13. The van der Waals surface area contributed by atoms with E-state index < -0.39 is 0 Å². The first-order valence-electron chi connectivity index (χ1n) is 9.90. The standard InChI is InChI=1S/C23H19FN4O3/c1-31-12-17-21(13-6-8-15(24)9-7-13)23-26-25-22-18(28(23)27-17)10-14(11-20(22)30)16-4-2-3-5-19(16)29/h2-9,14,29H,10-12H2,1H3/t14-/m1/s1. The lowest BCUT2D eigenvalue weighted by atomic mass is 9.83. The molecule has 31 heavy (non-hydrogen) atoms. The largest absolute Gasteiger partial charge is 0.508 e. The summed E-state index contributed by atoms with van der Waals surface area (Å²) in [5.74, 6) is -0.517. The van der Waals surface area contributed by atoms with Crippen LogP contribution < -0.4 is 0 Å². The number of fused-ring (bicyclic) bond motifs is 3. The van der Waals surface area contributed by atoms with Gasteiger partial charge in [0.15, 0.2) is 17.1 Å². The molecule has 7 nitrogen and oxygen atoms in total. The summed E-state index contributed by atoms with van der Waals surface area (Å²) in [6.45, 7) is 0.224. The number of Topliss-reactive ketones (excluding diaryl/α,β-unsaturated/α-hetero) is 1.